The van der Waals surface area contributed by atoms with E-state index >= 15 is 0 Å². The minimum absolute atomic E-state index is 0.331. The minimum Gasteiger partial charge on any atom is -0.481 e. The van der Waals surface area contributed by atoms with Crippen LogP contribution in [-0.4, -0.2) is 22.9 Å². The summed E-state index contributed by atoms with van der Waals surface area (Å²) in [7, 11) is 0. The number of nitrogens with one attached hydrogen (secondary N) is 1. The van der Waals surface area contributed by atoms with Crippen LogP contribution in [0.1, 0.15) is 29.8 Å². The number of carboxylic acids is 1. The van der Waals surface area contributed by atoms with Crippen LogP contribution in [0.15, 0.2) is 18.2 Å². The number of hydrogen-bond donors (Lipinski definition) is 3. The van der Waals surface area contributed by atoms with Gasteiger partial charge in [0, 0.05) is 11.3 Å². The van der Waals surface area contributed by atoms with Crippen molar-refractivity contribution in [2.75, 3.05) is 5.32 Å². The first-order chi connectivity index (χ1) is 9.67. The van der Waals surface area contributed by atoms with Crippen LogP contribution in [0.5, 0.6) is 0 Å². The molecule has 6 nitrogen and oxygen atoms in total. The van der Waals surface area contributed by atoms with Gasteiger partial charge in [0.05, 0.1) is 11.8 Å². The van der Waals surface area contributed by atoms with E-state index in [4.69, 9.17) is 10.8 Å². The number of amides is 2. The molecule has 0 spiro atoms. The van der Waals surface area contributed by atoms with Gasteiger partial charge in [-0.1, -0.05) is 19.9 Å². The van der Waals surface area contributed by atoms with E-state index in [-0.39, 0.29) is 5.91 Å². The Bertz CT molecular complexity index is 637. The molecule has 2 amide bonds. The third-order valence-electron chi connectivity index (χ3n) is 4.23. The lowest BCUT2D eigenvalue weighted by Gasteiger charge is -2.11. The minimum atomic E-state index is -0.970. The first-order valence-electron chi connectivity index (χ1n) is 6.61. The van der Waals surface area contributed by atoms with Crippen LogP contribution in [-0.2, 0) is 9.59 Å². The van der Waals surface area contributed by atoms with Gasteiger partial charge in [-0.15, -0.1) is 0 Å². The molecule has 1 aromatic carbocycles. The highest BCUT2D eigenvalue weighted by atomic mass is 16.4. The van der Waals surface area contributed by atoms with Crippen molar-refractivity contribution in [3.8, 4) is 0 Å². The van der Waals surface area contributed by atoms with Gasteiger partial charge in [-0.2, -0.15) is 0 Å². The fourth-order valence-corrected chi connectivity index (χ4v) is 2.84. The Labute approximate surface area is 122 Å². The van der Waals surface area contributed by atoms with Crippen molar-refractivity contribution in [2.24, 2.45) is 23.0 Å². The Morgan fingerprint density at radius 3 is 2.33 bits per heavy atom. The normalized spacial score (nSPS) is 22.4. The number of rotatable bonds is 4. The molecular weight excluding hydrogens is 272 g/mol. The quantitative estimate of drug-likeness (QED) is 0.778. The Morgan fingerprint density at radius 1 is 1.24 bits per heavy atom. The predicted molar refractivity (Wildman–Crippen MR) is 76.7 cm³/mol. The molecule has 1 aliphatic rings. The van der Waals surface area contributed by atoms with Crippen LogP contribution >= 0.6 is 0 Å². The maximum atomic E-state index is 12.2. The second kappa shape index (κ2) is 4.87. The molecule has 1 aliphatic carbocycles. The summed E-state index contributed by atoms with van der Waals surface area (Å²) in [5.41, 5.74) is 6.08. The predicted octanol–water partition coefficient (Wildman–Crippen LogP) is 1.39. The maximum absolute atomic E-state index is 12.2. The molecule has 0 aliphatic heterocycles. The first kappa shape index (κ1) is 15.0. The van der Waals surface area contributed by atoms with Gasteiger partial charge in [-0.25, -0.2) is 0 Å². The highest BCUT2D eigenvalue weighted by Crippen LogP contribution is 2.58. The summed E-state index contributed by atoms with van der Waals surface area (Å²) in [6, 6.07) is 4.86. The van der Waals surface area contributed by atoms with Crippen LogP contribution < -0.4 is 11.1 Å². The molecule has 0 bridgehead atoms. The zero-order chi connectivity index (χ0) is 15.9. The second-order valence-corrected chi connectivity index (χ2v) is 5.95. The Morgan fingerprint density at radius 2 is 1.86 bits per heavy atom. The van der Waals surface area contributed by atoms with Crippen molar-refractivity contribution >= 4 is 23.5 Å². The number of carboxylic acid groups (broad SMARTS) is 1. The van der Waals surface area contributed by atoms with Gasteiger partial charge in [-0.3, -0.25) is 14.4 Å². The van der Waals surface area contributed by atoms with E-state index in [2.05, 4.69) is 5.32 Å². The highest BCUT2D eigenvalue weighted by Gasteiger charge is 2.65. The number of aliphatic carboxylic acids is 1. The molecule has 6 heteroatoms. The fourth-order valence-electron chi connectivity index (χ4n) is 2.84. The molecule has 2 unspecified atom stereocenters. The summed E-state index contributed by atoms with van der Waals surface area (Å²) < 4.78 is 0. The summed E-state index contributed by atoms with van der Waals surface area (Å²) in [6.45, 7) is 5.19. The number of primary amides is 1. The van der Waals surface area contributed by atoms with Gasteiger partial charge >= 0.3 is 5.97 Å². The van der Waals surface area contributed by atoms with E-state index in [1.807, 2.05) is 0 Å². The molecule has 0 heterocycles. The molecule has 4 N–H and O–H groups in total. The van der Waals surface area contributed by atoms with Crippen LogP contribution in [0.4, 0.5) is 5.69 Å². The molecule has 0 aromatic heterocycles. The van der Waals surface area contributed by atoms with E-state index in [1.165, 1.54) is 0 Å². The average Bonchev–Trinajstić information content (AvgIpc) is 2.95. The Kier molecular flexibility index (Phi) is 3.49. The SMILES string of the molecule is Cc1c(NC(=O)C2C(C(=O)O)C2(C)C)cccc1C(N)=O. The molecule has 1 fully saturated rings. The van der Waals surface area contributed by atoms with Gasteiger partial charge in [0.2, 0.25) is 11.8 Å². The second-order valence-electron chi connectivity index (χ2n) is 5.95. The Hall–Kier alpha value is -2.37. The lowest BCUT2D eigenvalue weighted by molar-refractivity contribution is -0.140. The molecule has 0 radical (unpaired) electrons. The van der Waals surface area contributed by atoms with Crippen molar-refractivity contribution in [2.45, 2.75) is 20.8 Å². The van der Waals surface area contributed by atoms with E-state index in [0.717, 1.165) is 0 Å². The van der Waals surface area contributed by atoms with Gasteiger partial charge < -0.3 is 16.2 Å². The first-order valence-corrected chi connectivity index (χ1v) is 6.61. The van der Waals surface area contributed by atoms with E-state index < -0.39 is 29.1 Å². The zero-order valence-electron chi connectivity index (χ0n) is 12.1. The monoisotopic (exact) mass is 290 g/mol. The van der Waals surface area contributed by atoms with Crippen molar-refractivity contribution in [1.82, 2.24) is 0 Å². The topological polar surface area (TPSA) is 109 Å². The van der Waals surface area contributed by atoms with Gasteiger partial charge in [-0.05, 0) is 30.0 Å². The number of carbonyl (C=O) groups is 3. The maximum Gasteiger partial charge on any atom is 0.307 e. The zero-order valence-corrected chi connectivity index (χ0v) is 12.1. The fraction of sp³-hybridized carbons (Fsp3) is 0.400. The largest absolute Gasteiger partial charge is 0.481 e. The van der Waals surface area contributed by atoms with Crippen LogP contribution in [0, 0.1) is 24.2 Å². The van der Waals surface area contributed by atoms with Crippen LogP contribution in [0.25, 0.3) is 0 Å². The smallest absolute Gasteiger partial charge is 0.307 e. The number of anilines is 1. The molecule has 2 atom stereocenters. The van der Waals surface area contributed by atoms with Crippen molar-refractivity contribution in [3.63, 3.8) is 0 Å². The summed E-state index contributed by atoms with van der Waals surface area (Å²) in [6.07, 6.45) is 0. The summed E-state index contributed by atoms with van der Waals surface area (Å²) in [5, 5.41) is 11.8. The summed E-state index contributed by atoms with van der Waals surface area (Å²) in [5.74, 6) is -3.15. The van der Waals surface area contributed by atoms with Crippen molar-refractivity contribution in [1.29, 1.82) is 0 Å². The van der Waals surface area contributed by atoms with Gasteiger partial charge in [0.1, 0.15) is 0 Å². The van der Waals surface area contributed by atoms with Gasteiger partial charge in [0.15, 0.2) is 0 Å². The third kappa shape index (κ3) is 2.49. The van der Waals surface area contributed by atoms with Crippen molar-refractivity contribution in [3.05, 3.63) is 29.3 Å². The molecule has 1 aromatic rings. The lowest BCUT2D eigenvalue weighted by Crippen LogP contribution is -2.20. The molecule has 21 heavy (non-hydrogen) atoms. The Balaban J connectivity index is 2.21. The molecule has 112 valence electrons. The van der Waals surface area contributed by atoms with E-state index in [1.54, 1.807) is 39.0 Å². The number of carbonyl (C=O) groups excluding carboxylic acids is 2. The molecular formula is C15H18N2O4. The number of benzene rings is 1. The highest BCUT2D eigenvalue weighted by molar-refractivity contribution is 6.02. The van der Waals surface area contributed by atoms with Crippen LogP contribution in [0.2, 0.25) is 0 Å². The summed E-state index contributed by atoms with van der Waals surface area (Å²) >= 11 is 0. The lowest BCUT2D eigenvalue weighted by atomic mass is 10.1. The summed E-state index contributed by atoms with van der Waals surface area (Å²) in [4.78, 5) is 34.6. The molecule has 0 saturated heterocycles. The number of hydrogen-bond acceptors (Lipinski definition) is 3. The van der Waals surface area contributed by atoms with E-state index in [9.17, 15) is 14.4 Å². The number of nitrogens with two attached hydrogens (primary N) is 1. The molecule has 1 saturated carbocycles. The standard InChI is InChI=1S/C15H18N2O4/c1-7-8(12(16)18)5-4-6-9(7)17-13(19)10-11(14(20)21)15(10,2)3/h4-6,10-11H,1-3H3,(H2,16,18)(H,17,19)(H,20,21). The third-order valence-corrected chi connectivity index (χ3v) is 4.23. The van der Waals surface area contributed by atoms with Crippen LogP contribution in [0.3, 0.4) is 0 Å². The average molecular weight is 290 g/mol. The van der Waals surface area contributed by atoms with Gasteiger partial charge in [0.25, 0.3) is 0 Å². The van der Waals surface area contributed by atoms with E-state index in [0.29, 0.717) is 16.8 Å². The molecule has 2 rings (SSSR count). The van der Waals surface area contributed by atoms with Crippen molar-refractivity contribution < 1.29 is 19.5 Å².